The molecule has 0 saturated heterocycles. The molecule has 3 amide bonds. The summed E-state index contributed by atoms with van der Waals surface area (Å²) in [6.45, 7) is 6.82. The van der Waals surface area contributed by atoms with Gasteiger partial charge in [-0.3, -0.25) is 19.6 Å². The van der Waals surface area contributed by atoms with Gasteiger partial charge < -0.3 is 10.2 Å². The lowest BCUT2D eigenvalue weighted by molar-refractivity contribution is -0.123. The van der Waals surface area contributed by atoms with E-state index >= 15 is 0 Å². The lowest BCUT2D eigenvalue weighted by Crippen LogP contribution is -2.47. The number of halogens is 1. The van der Waals surface area contributed by atoms with Crippen LogP contribution in [-0.4, -0.2) is 39.9 Å². The number of amides is 3. The lowest BCUT2D eigenvalue weighted by Gasteiger charge is -2.26. The predicted molar refractivity (Wildman–Crippen MR) is 109 cm³/mol. The highest BCUT2D eigenvalue weighted by molar-refractivity contribution is 5.97. The molecule has 30 heavy (non-hydrogen) atoms. The second-order valence-electron chi connectivity index (χ2n) is 8.02. The average molecular weight is 415 g/mol. The molecule has 0 spiro atoms. The molecule has 2 rings (SSSR count). The summed E-state index contributed by atoms with van der Waals surface area (Å²) >= 11 is 0. The minimum atomic E-state index is -0.849. The largest absolute Gasteiger partial charge is 0.350 e. The van der Waals surface area contributed by atoms with Gasteiger partial charge >= 0.3 is 0 Å². The fourth-order valence-corrected chi connectivity index (χ4v) is 2.90. The Labute approximate surface area is 174 Å². The molecule has 2 aromatic carbocycles. The van der Waals surface area contributed by atoms with Gasteiger partial charge in [0, 0.05) is 28.8 Å². The SMILES string of the molecule is Cc1ccccc1C(=O)N(CC(=O)NC(C)(C)C)Cc1ccc(C(=O)NO)cc1F. The Morgan fingerprint density at radius 2 is 1.77 bits per heavy atom. The van der Waals surface area contributed by atoms with Crippen molar-refractivity contribution in [3.63, 3.8) is 0 Å². The summed E-state index contributed by atoms with van der Waals surface area (Å²) in [7, 11) is 0. The van der Waals surface area contributed by atoms with E-state index in [0.717, 1.165) is 11.6 Å². The van der Waals surface area contributed by atoms with E-state index in [1.54, 1.807) is 31.2 Å². The Morgan fingerprint density at radius 1 is 1.10 bits per heavy atom. The van der Waals surface area contributed by atoms with Crippen molar-refractivity contribution < 1.29 is 24.0 Å². The van der Waals surface area contributed by atoms with Crippen molar-refractivity contribution in [3.05, 3.63) is 70.5 Å². The molecule has 2 aromatic rings. The van der Waals surface area contributed by atoms with E-state index in [1.165, 1.54) is 22.5 Å². The molecule has 8 heteroatoms. The number of hydrogen-bond acceptors (Lipinski definition) is 4. The first kappa shape index (κ1) is 23.0. The Kier molecular flexibility index (Phi) is 7.28. The highest BCUT2D eigenvalue weighted by Gasteiger charge is 2.24. The van der Waals surface area contributed by atoms with Crippen molar-refractivity contribution in [1.29, 1.82) is 0 Å². The second-order valence-corrected chi connectivity index (χ2v) is 8.02. The third-order valence-corrected chi connectivity index (χ3v) is 4.29. The number of nitrogens with one attached hydrogen (secondary N) is 2. The maximum Gasteiger partial charge on any atom is 0.274 e. The number of benzene rings is 2. The molecule has 0 radical (unpaired) electrons. The number of hydroxylamine groups is 1. The maximum absolute atomic E-state index is 14.6. The number of carbonyl (C=O) groups is 3. The number of rotatable bonds is 6. The van der Waals surface area contributed by atoms with Crippen molar-refractivity contribution in [1.82, 2.24) is 15.7 Å². The smallest absolute Gasteiger partial charge is 0.274 e. The topological polar surface area (TPSA) is 98.7 Å². The molecule has 0 atom stereocenters. The van der Waals surface area contributed by atoms with E-state index in [2.05, 4.69) is 5.32 Å². The summed E-state index contributed by atoms with van der Waals surface area (Å²) in [5.41, 5.74) is 2.17. The van der Waals surface area contributed by atoms with Crippen LogP contribution in [0.15, 0.2) is 42.5 Å². The number of nitrogens with zero attached hydrogens (tertiary/aromatic N) is 1. The zero-order valence-electron chi connectivity index (χ0n) is 17.5. The molecule has 0 saturated carbocycles. The van der Waals surface area contributed by atoms with Gasteiger partial charge in [-0.15, -0.1) is 0 Å². The van der Waals surface area contributed by atoms with Gasteiger partial charge in [-0.1, -0.05) is 24.3 Å². The minimum absolute atomic E-state index is 0.0685. The van der Waals surface area contributed by atoms with Crippen LogP contribution >= 0.6 is 0 Å². The van der Waals surface area contributed by atoms with Crippen LogP contribution in [-0.2, 0) is 11.3 Å². The predicted octanol–water partition coefficient (Wildman–Crippen LogP) is 2.81. The maximum atomic E-state index is 14.6. The first-order chi connectivity index (χ1) is 14.0. The summed E-state index contributed by atoms with van der Waals surface area (Å²) in [6.07, 6.45) is 0. The molecule has 3 N–H and O–H groups in total. The van der Waals surface area contributed by atoms with Gasteiger partial charge in [0.25, 0.3) is 11.8 Å². The highest BCUT2D eigenvalue weighted by Crippen LogP contribution is 2.17. The van der Waals surface area contributed by atoms with Gasteiger partial charge in [-0.25, -0.2) is 9.87 Å². The van der Waals surface area contributed by atoms with Crippen molar-refractivity contribution in [2.75, 3.05) is 6.54 Å². The van der Waals surface area contributed by atoms with E-state index in [-0.39, 0.29) is 30.1 Å². The first-order valence-electron chi connectivity index (χ1n) is 9.40. The molecule has 0 aromatic heterocycles. The molecule has 0 aliphatic heterocycles. The molecule has 0 unspecified atom stereocenters. The normalized spacial score (nSPS) is 11.0. The van der Waals surface area contributed by atoms with Gasteiger partial charge in [-0.2, -0.15) is 0 Å². The monoisotopic (exact) mass is 415 g/mol. The zero-order valence-corrected chi connectivity index (χ0v) is 17.5. The Balaban J connectivity index is 2.34. The summed E-state index contributed by atoms with van der Waals surface area (Å²) < 4.78 is 14.6. The van der Waals surface area contributed by atoms with Crippen LogP contribution in [0.2, 0.25) is 0 Å². The van der Waals surface area contributed by atoms with Crippen molar-refractivity contribution in [2.45, 2.75) is 39.8 Å². The summed E-state index contributed by atoms with van der Waals surface area (Å²) in [5, 5.41) is 11.5. The quantitative estimate of drug-likeness (QED) is 0.499. The zero-order chi connectivity index (χ0) is 22.5. The van der Waals surface area contributed by atoms with E-state index in [1.807, 2.05) is 20.8 Å². The first-order valence-corrected chi connectivity index (χ1v) is 9.40. The molecule has 7 nitrogen and oxygen atoms in total. The minimum Gasteiger partial charge on any atom is -0.350 e. The van der Waals surface area contributed by atoms with Crippen LogP contribution in [0.4, 0.5) is 4.39 Å². The van der Waals surface area contributed by atoms with E-state index in [9.17, 15) is 18.8 Å². The Morgan fingerprint density at radius 3 is 2.33 bits per heavy atom. The standard InChI is InChI=1S/C22H26FN3O4/c1-14-7-5-6-8-17(14)21(29)26(13-19(27)24-22(2,3)4)12-16-10-9-15(11-18(16)23)20(28)25-30/h5-11,30H,12-13H2,1-4H3,(H,24,27)(H,25,28). The average Bonchev–Trinajstić information content (AvgIpc) is 2.66. The summed E-state index contributed by atoms with van der Waals surface area (Å²) in [5.74, 6) is -2.36. The van der Waals surface area contributed by atoms with Crippen molar-refractivity contribution >= 4 is 17.7 Å². The molecule has 0 aliphatic rings. The Bertz CT molecular complexity index is 954. The summed E-state index contributed by atoms with van der Waals surface area (Å²) in [6, 6.07) is 10.6. The summed E-state index contributed by atoms with van der Waals surface area (Å²) in [4.78, 5) is 38.3. The number of hydrogen-bond donors (Lipinski definition) is 3. The van der Waals surface area contributed by atoms with Crippen LogP contribution in [0.1, 0.15) is 52.6 Å². The van der Waals surface area contributed by atoms with E-state index in [4.69, 9.17) is 5.21 Å². The van der Waals surface area contributed by atoms with Gasteiger partial charge in [0.1, 0.15) is 12.4 Å². The molecule has 160 valence electrons. The number of aryl methyl sites for hydroxylation is 1. The van der Waals surface area contributed by atoms with Gasteiger partial charge in [0.2, 0.25) is 5.91 Å². The molecule has 0 aliphatic carbocycles. The lowest BCUT2D eigenvalue weighted by atomic mass is 10.1. The van der Waals surface area contributed by atoms with Crippen LogP contribution in [0, 0.1) is 12.7 Å². The Hall–Kier alpha value is -3.26. The third-order valence-electron chi connectivity index (χ3n) is 4.29. The van der Waals surface area contributed by atoms with Crippen molar-refractivity contribution in [2.24, 2.45) is 0 Å². The molecular formula is C22H26FN3O4. The van der Waals surface area contributed by atoms with Crippen LogP contribution in [0.3, 0.4) is 0 Å². The fraction of sp³-hybridized carbons (Fsp3) is 0.318. The van der Waals surface area contributed by atoms with Crippen LogP contribution < -0.4 is 10.8 Å². The molecular weight excluding hydrogens is 389 g/mol. The number of carbonyl (C=O) groups excluding carboxylic acids is 3. The second kappa shape index (κ2) is 9.49. The fourth-order valence-electron chi connectivity index (χ4n) is 2.90. The van der Waals surface area contributed by atoms with Gasteiger partial charge in [0.05, 0.1) is 0 Å². The third kappa shape index (κ3) is 6.12. The van der Waals surface area contributed by atoms with E-state index in [0.29, 0.717) is 5.56 Å². The van der Waals surface area contributed by atoms with Gasteiger partial charge in [-0.05, 0) is 51.5 Å². The highest BCUT2D eigenvalue weighted by atomic mass is 19.1. The molecule has 0 bridgehead atoms. The van der Waals surface area contributed by atoms with Gasteiger partial charge in [0.15, 0.2) is 0 Å². The van der Waals surface area contributed by atoms with Crippen LogP contribution in [0.5, 0.6) is 0 Å². The van der Waals surface area contributed by atoms with E-state index < -0.39 is 23.2 Å². The molecule has 0 heterocycles. The molecule has 0 fully saturated rings. The van der Waals surface area contributed by atoms with Crippen LogP contribution in [0.25, 0.3) is 0 Å². The van der Waals surface area contributed by atoms with Crippen molar-refractivity contribution in [3.8, 4) is 0 Å².